The summed E-state index contributed by atoms with van der Waals surface area (Å²) in [7, 11) is 0. The van der Waals surface area contributed by atoms with Crippen LogP contribution >= 0.6 is 23.2 Å². The maximum absolute atomic E-state index is 5.76. The van der Waals surface area contributed by atoms with Gasteiger partial charge in [0.25, 0.3) is 5.89 Å². The molecular formula is C8H5Cl2N3O. The Kier molecular flexibility index (Phi) is 2.65. The Bertz CT molecular complexity index is 444. The molecule has 14 heavy (non-hydrogen) atoms. The third-order valence-corrected chi connectivity index (χ3v) is 1.99. The molecule has 2 heterocycles. The molecule has 0 atom stereocenters. The van der Waals surface area contributed by atoms with Crippen molar-refractivity contribution in [1.29, 1.82) is 0 Å². The van der Waals surface area contributed by atoms with Crippen molar-refractivity contribution in [2.45, 2.75) is 5.88 Å². The van der Waals surface area contributed by atoms with Gasteiger partial charge in [0.15, 0.2) is 5.82 Å². The normalized spacial score (nSPS) is 10.4. The maximum Gasteiger partial charge on any atom is 0.259 e. The second-order valence-corrected chi connectivity index (χ2v) is 3.24. The molecule has 0 bridgehead atoms. The molecule has 0 spiro atoms. The summed E-state index contributed by atoms with van der Waals surface area (Å²) in [6.45, 7) is 0. The first-order valence-electron chi connectivity index (χ1n) is 3.79. The second-order valence-electron chi connectivity index (χ2n) is 2.54. The van der Waals surface area contributed by atoms with Crippen molar-refractivity contribution in [1.82, 2.24) is 15.1 Å². The highest BCUT2D eigenvalue weighted by molar-refractivity contribution is 6.30. The van der Waals surface area contributed by atoms with Crippen LogP contribution in [0.25, 0.3) is 11.5 Å². The van der Waals surface area contributed by atoms with Crippen LogP contribution in [0.5, 0.6) is 0 Å². The average molecular weight is 230 g/mol. The molecule has 0 fully saturated rings. The van der Waals surface area contributed by atoms with Gasteiger partial charge in [-0.1, -0.05) is 16.8 Å². The van der Waals surface area contributed by atoms with Gasteiger partial charge in [-0.2, -0.15) is 4.98 Å². The van der Waals surface area contributed by atoms with Gasteiger partial charge in [-0.15, -0.1) is 11.6 Å². The fourth-order valence-corrected chi connectivity index (χ4v) is 1.24. The summed E-state index contributed by atoms with van der Waals surface area (Å²) in [6.07, 6.45) is 3.13. The second kappa shape index (κ2) is 3.94. The van der Waals surface area contributed by atoms with E-state index >= 15 is 0 Å². The van der Waals surface area contributed by atoms with Gasteiger partial charge >= 0.3 is 0 Å². The summed E-state index contributed by atoms with van der Waals surface area (Å²) in [5.74, 6) is 1.04. The lowest BCUT2D eigenvalue weighted by atomic mass is 10.3. The minimum atomic E-state index is 0.220. The lowest BCUT2D eigenvalue weighted by Crippen LogP contribution is -1.82. The van der Waals surface area contributed by atoms with Gasteiger partial charge in [0, 0.05) is 12.4 Å². The molecule has 0 amide bonds. The number of nitrogens with zero attached hydrogens (tertiary/aromatic N) is 3. The number of hydrogen-bond acceptors (Lipinski definition) is 4. The van der Waals surface area contributed by atoms with Crippen LogP contribution in [0.1, 0.15) is 5.82 Å². The van der Waals surface area contributed by atoms with Crippen LogP contribution in [0.4, 0.5) is 0 Å². The Balaban J connectivity index is 2.39. The zero-order valence-corrected chi connectivity index (χ0v) is 8.46. The molecule has 0 aliphatic rings. The summed E-state index contributed by atoms with van der Waals surface area (Å²) in [5.41, 5.74) is 0.682. The Hall–Kier alpha value is -1.13. The molecular weight excluding hydrogens is 225 g/mol. The Morgan fingerprint density at radius 1 is 1.36 bits per heavy atom. The molecule has 4 nitrogen and oxygen atoms in total. The molecule has 0 radical (unpaired) electrons. The highest BCUT2D eigenvalue weighted by Crippen LogP contribution is 2.19. The van der Waals surface area contributed by atoms with Gasteiger partial charge in [0.2, 0.25) is 0 Å². The number of hydrogen-bond donors (Lipinski definition) is 0. The fourth-order valence-electron chi connectivity index (χ4n) is 0.954. The van der Waals surface area contributed by atoms with Crippen molar-refractivity contribution in [3.05, 3.63) is 29.3 Å². The minimum absolute atomic E-state index is 0.220. The number of rotatable bonds is 2. The van der Waals surface area contributed by atoms with Crippen LogP contribution in [0.3, 0.4) is 0 Å². The summed E-state index contributed by atoms with van der Waals surface area (Å²) < 4.78 is 4.95. The smallest absolute Gasteiger partial charge is 0.259 e. The molecule has 0 saturated carbocycles. The van der Waals surface area contributed by atoms with Crippen molar-refractivity contribution in [2.75, 3.05) is 0 Å². The summed E-state index contributed by atoms with van der Waals surface area (Å²) in [4.78, 5) is 7.93. The molecule has 0 unspecified atom stereocenters. The minimum Gasteiger partial charge on any atom is -0.334 e. The van der Waals surface area contributed by atoms with Gasteiger partial charge in [-0.25, -0.2) is 0 Å². The van der Waals surface area contributed by atoms with Gasteiger partial charge in [-0.05, 0) is 6.07 Å². The Morgan fingerprint density at radius 3 is 2.86 bits per heavy atom. The quantitative estimate of drug-likeness (QED) is 0.743. The Morgan fingerprint density at radius 2 is 2.21 bits per heavy atom. The molecule has 0 aliphatic heterocycles. The summed E-state index contributed by atoms with van der Waals surface area (Å²) >= 11 is 11.3. The van der Waals surface area contributed by atoms with Crippen molar-refractivity contribution < 1.29 is 4.52 Å². The monoisotopic (exact) mass is 229 g/mol. The van der Waals surface area contributed by atoms with E-state index in [1.807, 2.05) is 0 Å². The van der Waals surface area contributed by atoms with Crippen LogP contribution in [-0.4, -0.2) is 15.1 Å². The van der Waals surface area contributed by atoms with E-state index in [1.54, 1.807) is 12.3 Å². The van der Waals surface area contributed by atoms with E-state index in [0.717, 1.165) is 0 Å². The zero-order valence-electron chi connectivity index (χ0n) is 6.94. The predicted molar refractivity (Wildman–Crippen MR) is 52.1 cm³/mol. The van der Waals surface area contributed by atoms with Gasteiger partial charge in [0.05, 0.1) is 16.5 Å². The molecule has 0 aliphatic carbocycles. The number of pyridine rings is 1. The molecule has 2 rings (SSSR count). The fraction of sp³-hybridized carbons (Fsp3) is 0.125. The zero-order chi connectivity index (χ0) is 9.97. The van der Waals surface area contributed by atoms with E-state index in [9.17, 15) is 0 Å². The number of halogens is 2. The largest absolute Gasteiger partial charge is 0.334 e. The number of alkyl halides is 1. The lowest BCUT2D eigenvalue weighted by Gasteiger charge is -1.92. The summed E-state index contributed by atoms with van der Waals surface area (Å²) in [6, 6.07) is 1.69. The van der Waals surface area contributed by atoms with Crippen LogP contribution < -0.4 is 0 Å². The highest BCUT2D eigenvalue weighted by Gasteiger charge is 2.08. The molecule has 72 valence electrons. The van der Waals surface area contributed by atoms with E-state index in [2.05, 4.69) is 15.1 Å². The molecule has 2 aromatic rings. The first-order valence-corrected chi connectivity index (χ1v) is 4.70. The third-order valence-electron chi connectivity index (χ3n) is 1.54. The van der Waals surface area contributed by atoms with Crippen molar-refractivity contribution in [2.24, 2.45) is 0 Å². The van der Waals surface area contributed by atoms with Crippen LogP contribution in [0, 0.1) is 0 Å². The maximum atomic E-state index is 5.76. The van der Waals surface area contributed by atoms with E-state index in [0.29, 0.717) is 22.3 Å². The summed E-state index contributed by atoms with van der Waals surface area (Å²) in [5, 5.41) is 4.17. The van der Waals surface area contributed by atoms with Crippen molar-refractivity contribution >= 4 is 23.2 Å². The molecule has 2 aromatic heterocycles. The van der Waals surface area contributed by atoms with Gasteiger partial charge in [0.1, 0.15) is 0 Å². The van der Waals surface area contributed by atoms with E-state index in [-0.39, 0.29) is 5.88 Å². The van der Waals surface area contributed by atoms with Crippen LogP contribution in [-0.2, 0) is 5.88 Å². The van der Waals surface area contributed by atoms with E-state index in [1.165, 1.54) is 6.20 Å². The lowest BCUT2D eigenvalue weighted by molar-refractivity contribution is 0.425. The predicted octanol–water partition coefficient (Wildman–Crippen LogP) is 2.52. The SMILES string of the molecule is ClCc1noc(-c2cncc(Cl)c2)n1. The molecule has 0 saturated heterocycles. The molecule has 0 N–H and O–H groups in total. The van der Waals surface area contributed by atoms with Crippen molar-refractivity contribution in [3.8, 4) is 11.5 Å². The van der Waals surface area contributed by atoms with Crippen LogP contribution in [0.15, 0.2) is 23.0 Å². The van der Waals surface area contributed by atoms with Crippen LogP contribution in [0.2, 0.25) is 5.02 Å². The Labute approximate surface area is 89.9 Å². The van der Waals surface area contributed by atoms with E-state index < -0.39 is 0 Å². The van der Waals surface area contributed by atoms with Gasteiger partial charge < -0.3 is 4.52 Å². The van der Waals surface area contributed by atoms with Gasteiger partial charge in [-0.3, -0.25) is 4.98 Å². The average Bonchev–Trinajstić information content (AvgIpc) is 2.66. The highest BCUT2D eigenvalue weighted by atomic mass is 35.5. The number of aromatic nitrogens is 3. The topological polar surface area (TPSA) is 51.8 Å². The molecule has 6 heteroatoms. The van der Waals surface area contributed by atoms with E-state index in [4.69, 9.17) is 27.7 Å². The first-order chi connectivity index (χ1) is 6.79. The van der Waals surface area contributed by atoms with Crippen molar-refractivity contribution in [3.63, 3.8) is 0 Å². The standard InChI is InChI=1S/C8H5Cl2N3O/c9-2-7-12-8(14-13-7)5-1-6(10)4-11-3-5/h1,3-4H,2H2. The third kappa shape index (κ3) is 1.86. The molecule has 0 aromatic carbocycles. The first kappa shape index (κ1) is 9.43.